The number of morpholine rings is 1. The van der Waals surface area contributed by atoms with E-state index < -0.39 is 0 Å². The van der Waals surface area contributed by atoms with Gasteiger partial charge in [-0.25, -0.2) is 0 Å². The Hall–Kier alpha value is -1.81. The molecule has 1 aromatic carbocycles. The molecule has 4 heteroatoms. The van der Waals surface area contributed by atoms with Gasteiger partial charge in [0.05, 0.1) is 13.2 Å². The van der Waals surface area contributed by atoms with Crippen LogP contribution in [0.15, 0.2) is 24.3 Å². The number of ether oxygens (including phenoxy) is 1. The number of aryl methyl sites for hydroxylation is 1. The number of hydrogen-bond donors (Lipinski definition) is 1. The van der Waals surface area contributed by atoms with Crippen LogP contribution in [0.4, 0.5) is 5.69 Å². The molecule has 0 saturated carbocycles. The summed E-state index contributed by atoms with van der Waals surface area (Å²) < 4.78 is 5.21. The van der Waals surface area contributed by atoms with Crippen molar-refractivity contribution >= 4 is 17.7 Å². The first kappa shape index (κ1) is 12.6. The van der Waals surface area contributed by atoms with Crippen molar-refractivity contribution in [1.82, 2.24) is 4.90 Å². The fourth-order valence-corrected chi connectivity index (χ4v) is 1.82. The lowest BCUT2D eigenvalue weighted by Gasteiger charge is -2.25. The van der Waals surface area contributed by atoms with Gasteiger partial charge < -0.3 is 15.4 Å². The van der Waals surface area contributed by atoms with Crippen LogP contribution in [0.3, 0.4) is 0 Å². The third-order valence-electron chi connectivity index (χ3n) is 3.04. The first-order valence-corrected chi connectivity index (χ1v) is 6.07. The summed E-state index contributed by atoms with van der Waals surface area (Å²) in [5.41, 5.74) is 8.56. The van der Waals surface area contributed by atoms with Crippen molar-refractivity contribution in [3.05, 3.63) is 35.4 Å². The molecule has 0 aliphatic carbocycles. The number of amides is 1. The third kappa shape index (κ3) is 3.11. The van der Waals surface area contributed by atoms with E-state index in [2.05, 4.69) is 0 Å². The molecule has 0 bridgehead atoms. The number of nitrogen functional groups attached to an aromatic ring is 1. The first-order chi connectivity index (χ1) is 8.66. The summed E-state index contributed by atoms with van der Waals surface area (Å²) in [6.45, 7) is 4.54. The molecule has 1 fully saturated rings. The summed E-state index contributed by atoms with van der Waals surface area (Å²) in [7, 11) is 0. The Morgan fingerprint density at radius 3 is 2.78 bits per heavy atom. The summed E-state index contributed by atoms with van der Waals surface area (Å²) in [5, 5.41) is 0. The molecule has 1 aromatic rings. The molecular formula is C14H18N2O2. The van der Waals surface area contributed by atoms with Gasteiger partial charge in [0.25, 0.3) is 0 Å². The molecule has 0 aromatic heterocycles. The summed E-state index contributed by atoms with van der Waals surface area (Å²) in [5.74, 6) is 0.0254. The van der Waals surface area contributed by atoms with E-state index in [0.29, 0.717) is 26.3 Å². The van der Waals surface area contributed by atoms with Crippen molar-refractivity contribution in [2.75, 3.05) is 32.0 Å². The smallest absolute Gasteiger partial charge is 0.246 e. The predicted molar refractivity (Wildman–Crippen MR) is 72.0 cm³/mol. The normalized spacial score (nSPS) is 16.2. The molecule has 0 unspecified atom stereocenters. The van der Waals surface area contributed by atoms with Crippen molar-refractivity contribution < 1.29 is 9.53 Å². The Bertz CT molecular complexity index is 463. The molecule has 0 radical (unpaired) electrons. The molecule has 4 nitrogen and oxygen atoms in total. The zero-order chi connectivity index (χ0) is 13.0. The maximum absolute atomic E-state index is 11.9. The topological polar surface area (TPSA) is 55.6 Å². The Morgan fingerprint density at radius 1 is 1.39 bits per heavy atom. The van der Waals surface area contributed by atoms with Crippen molar-refractivity contribution in [1.29, 1.82) is 0 Å². The van der Waals surface area contributed by atoms with Crippen molar-refractivity contribution in [2.45, 2.75) is 6.92 Å². The summed E-state index contributed by atoms with van der Waals surface area (Å²) in [6.07, 6.45) is 3.39. The molecule has 18 heavy (non-hydrogen) atoms. The van der Waals surface area contributed by atoms with Gasteiger partial charge in [-0.1, -0.05) is 12.1 Å². The minimum absolute atomic E-state index is 0.0254. The van der Waals surface area contributed by atoms with Crippen LogP contribution in [0.1, 0.15) is 11.1 Å². The monoisotopic (exact) mass is 246 g/mol. The maximum atomic E-state index is 11.9. The number of rotatable bonds is 2. The largest absolute Gasteiger partial charge is 0.398 e. The van der Waals surface area contributed by atoms with Crippen LogP contribution in [0.2, 0.25) is 0 Å². The van der Waals surface area contributed by atoms with E-state index in [4.69, 9.17) is 10.5 Å². The molecule has 1 saturated heterocycles. The van der Waals surface area contributed by atoms with Crippen LogP contribution in [0, 0.1) is 6.92 Å². The third-order valence-corrected chi connectivity index (χ3v) is 3.04. The van der Waals surface area contributed by atoms with E-state index in [1.54, 1.807) is 17.1 Å². The maximum Gasteiger partial charge on any atom is 0.246 e. The van der Waals surface area contributed by atoms with Crippen LogP contribution in [0.5, 0.6) is 0 Å². The quantitative estimate of drug-likeness (QED) is 0.634. The Labute approximate surface area is 107 Å². The predicted octanol–water partition coefficient (Wildman–Crippen LogP) is 1.45. The van der Waals surface area contributed by atoms with Gasteiger partial charge in [-0.05, 0) is 30.2 Å². The highest BCUT2D eigenvalue weighted by Gasteiger charge is 2.13. The average Bonchev–Trinajstić information content (AvgIpc) is 2.41. The van der Waals surface area contributed by atoms with Crippen LogP contribution < -0.4 is 5.73 Å². The molecule has 0 atom stereocenters. The lowest BCUT2D eigenvalue weighted by molar-refractivity contribution is -0.129. The number of carbonyl (C=O) groups excluding carboxylic acids is 1. The number of hydrogen-bond acceptors (Lipinski definition) is 3. The van der Waals surface area contributed by atoms with E-state index in [0.717, 1.165) is 16.8 Å². The van der Waals surface area contributed by atoms with E-state index in [1.807, 2.05) is 25.1 Å². The highest BCUT2D eigenvalue weighted by Crippen LogP contribution is 2.14. The molecule has 2 rings (SSSR count). The fraction of sp³-hybridized carbons (Fsp3) is 0.357. The van der Waals surface area contributed by atoms with Crippen molar-refractivity contribution in [3.63, 3.8) is 0 Å². The van der Waals surface area contributed by atoms with Crippen molar-refractivity contribution in [3.8, 4) is 0 Å². The summed E-state index contributed by atoms with van der Waals surface area (Å²) in [4.78, 5) is 13.7. The number of benzene rings is 1. The molecule has 1 aliphatic rings. The van der Waals surface area contributed by atoms with Crippen LogP contribution >= 0.6 is 0 Å². The molecule has 1 amide bonds. The second kappa shape index (κ2) is 5.69. The zero-order valence-electron chi connectivity index (χ0n) is 10.6. The molecule has 96 valence electrons. The zero-order valence-corrected chi connectivity index (χ0v) is 10.6. The molecule has 1 aliphatic heterocycles. The Balaban J connectivity index is 2.01. The van der Waals surface area contributed by atoms with Gasteiger partial charge in [-0.15, -0.1) is 0 Å². The fourth-order valence-electron chi connectivity index (χ4n) is 1.82. The molecule has 2 N–H and O–H groups in total. The van der Waals surface area contributed by atoms with E-state index >= 15 is 0 Å². The molecule has 0 spiro atoms. The van der Waals surface area contributed by atoms with Gasteiger partial charge in [0.15, 0.2) is 0 Å². The number of nitrogens with two attached hydrogens (primary N) is 1. The second-order valence-electron chi connectivity index (χ2n) is 4.39. The standard InChI is InChI=1S/C14H18N2O2/c1-11-2-3-12(10-13(11)15)4-5-14(17)16-6-8-18-9-7-16/h2-5,10H,6-9,15H2,1H3/b5-4+. The van der Waals surface area contributed by atoms with Crippen LogP contribution in [0.25, 0.3) is 6.08 Å². The van der Waals surface area contributed by atoms with E-state index in [-0.39, 0.29) is 5.91 Å². The summed E-state index contributed by atoms with van der Waals surface area (Å²) in [6, 6.07) is 5.78. The van der Waals surface area contributed by atoms with Gasteiger partial charge >= 0.3 is 0 Å². The lowest BCUT2D eigenvalue weighted by Crippen LogP contribution is -2.39. The van der Waals surface area contributed by atoms with E-state index in [9.17, 15) is 4.79 Å². The van der Waals surface area contributed by atoms with Gasteiger partial charge in [0.2, 0.25) is 5.91 Å². The lowest BCUT2D eigenvalue weighted by atomic mass is 10.1. The minimum atomic E-state index is 0.0254. The van der Waals surface area contributed by atoms with Gasteiger partial charge in [0, 0.05) is 24.9 Å². The Morgan fingerprint density at radius 2 is 2.11 bits per heavy atom. The molecular weight excluding hydrogens is 228 g/mol. The highest BCUT2D eigenvalue weighted by atomic mass is 16.5. The van der Waals surface area contributed by atoms with Gasteiger partial charge in [0.1, 0.15) is 0 Å². The Kier molecular flexibility index (Phi) is 3.99. The molecule has 1 heterocycles. The number of anilines is 1. The highest BCUT2D eigenvalue weighted by molar-refractivity contribution is 5.92. The number of nitrogens with zero attached hydrogens (tertiary/aromatic N) is 1. The first-order valence-electron chi connectivity index (χ1n) is 6.07. The van der Waals surface area contributed by atoms with Crippen molar-refractivity contribution in [2.24, 2.45) is 0 Å². The van der Waals surface area contributed by atoms with Gasteiger partial charge in [-0.2, -0.15) is 0 Å². The average molecular weight is 246 g/mol. The van der Waals surface area contributed by atoms with Crippen LogP contribution in [-0.2, 0) is 9.53 Å². The minimum Gasteiger partial charge on any atom is -0.398 e. The summed E-state index contributed by atoms with van der Waals surface area (Å²) >= 11 is 0. The van der Waals surface area contributed by atoms with Gasteiger partial charge in [-0.3, -0.25) is 4.79 Å². The second-order valence-corrected chi connectivity index (χ2v) is 4.39. The van der Waals surface area contributed by atoms with Crippen LogP contribution in [-0.4, -0.2) is 37.1 Å². The SMILES string of the molecule is Cc1ccc(/C=C/C(=O)N2CCOCC2)cc1N. The number of carbonyl (C=O) groups is 1. The van der Waals surface area contributed by atoms with E-state index in [1.165, 1.54) is 0 Å².